The first kappa shape index (κ1) is 21.2. The second-order valence-corrected chi connectivity index (χ2v) is 8.48. The Hall–Kier alpha value is -3.06. The normalized spacial score (nSPS) is 22.7. The Kier molecular flexibility index (Phi) is 5.87. The molecule has 2 aromatic carbocycles. The number of urea groups is 1. The minimum Gasteiger partial charge on any atom is -0.497 e. The Balaban J connectivity index is 1.53. The maximum atomic E-state index is 12.7. The zero-order valence-electron chi connectivity index (χ0n) is 18.1. The molecular formula is C24H29N3O4. The molecule has 164 valence electrons. The number of amides is 3. The number of hydrogen-bond acceptors (Lipinski definition) is 4. The summed E-state index contributed by atoms with van der Waals surface area (Å²) < 4.78 is 5.22. The van der Waals surface area contributed by atoms with Crippen molar-refractivity contribution in [2.24, 2.45) is 0 Å². The molecule has 4 rings (SSSR count). The van der Waals surface area contributed by atoms with Gasteiger partial charge in [-0.05, 0) is 42.7 Å². The average molecular weight is 424 g/mol. The summed E-state index contributed by atoms with van der Waals surface area (Å²) in [6.45, 7) is 4.22. The van der Waals surface area contributed by atoms with Crippen molar-refractivity contribution in [2.45, 2.75) is 37.9 Å². The predicted molar refractivity (Wildman–Crippen MR) is 118 cm³/mol. The van der Waals surface area contributed by atoms with Crippen LogP contribution in [0.1, 0.15) is 25.3 Å². The SMILES string of the molecule is COc1ccc(-c2ccc([C@H]3[C@H](CO)N4C(=O)CN(C(=O)NC(C)C)C[C@@H]34)cc2)cc1. The van der Waals surface area contributed by atoms with Crippen LogP contribution >= 0.6 is 0 Å². The molecule has 2 aromatic rings. The molecule has 2 aliphatic heterocycles. The number of fused-ring (bicyclic) bond motifs is 1. The van der Waals surface area contributed by atoms with Crippen molar-refractivity contribution in [3.8, 4) is 16.9 Å². The van der Waals surface area contributed by atoms with E-state index in [4.69, 9.17) is 4.74 Å². The summed E-state index contributed by atoms with van der Waals surface area (Å²) in [5.74, 6) is 0.697. The van der Waals surface area contributed by atoms with Crippen molar-refractivity contribution in [2.75, 3.05) is 26.8 Å². The Labute approximate surface area is 182 Å². The summed E-state index contributed by atoms with van der Waals surface area (Å²) in [6, 6.07) is 15.5. The number of nitrogens with one attached hydrogen (secondary N) is 1. The summed E-state index contributed by atoms with van der Waals surface area (Å²) in [6.07, 6.45) is 0. The number of carbonyl (C=O) groups excluding carboxylic acids is 2. The van der Waals surface area contributed by atoms with Crippen LogP contribution < -0.4 is 10.1 Å². The molecule has 0 aromatic heterocycles. The molecule has 0 spiro atoms. The van der Waals surface area contributed by atoms with Gasteiger partial charge in [0.15, 0.2) is 0 Å². The Morgan fingerprint density at radius 3 is 2.29 bits per heavy atom. The fourth-order valence-electron chi connectivity index (χ4n) is 4.67. The van der Waals surface area contributed by atoms with E-state index in [0.29, 0.717) is 6.54 Å². The second-order valence-electron chi connectivity index (χ2n) is 8.48. The maximum Gasteiger partial charge on any atom is 0.318 e. The zero-order chi connectivity index (χ0) is 22.1. The highest BCUT2D eigenvalue weighted by Gasteiger charge is 2.54. The first-order valence-electron chi connectivity index (χ1n) is 10.6. The lowest BCUT2D eigenvalue weighted by Crippen LogP contribution is -2.74. The van der Waals surface area contributed by atoms with E-state index in [1.54, 1.807) is 16.9 Å². The number of aliphatic hydroxyl groups is 1. The summed E-state index contributed by atoms with van der Waals surface area (Å²) in [7, 11) is 1.65. The van der Waals surface area contributed by atoms with Gasteiger partial charge >= 0.3 is 6.03 Å². The third-order valence-corrected chi connectivity index (χ3v) is 6.17. The van der Waals surface area contributed by atoms with Gasteiger partial charge in [-0.15, -0.1) is 0 Å². The molecular weight excluding hydrogens is 394 g/mol. The molecule has 0 unspecified atom stereocenters. The van der Waals surface area contributed by atoms with Gasteiger partial charge in [0.2, 0.25) is 5.91 Å². The van der Waals surface area contributed by atoms with E-state index in [1.165, 1.54) is 0 Å². The lowest BCUT2D eigenvalue weighted by Gasteiger charge is -2.58. The van der Waals surface area contributed by atoms with Crippen molar-refractivity contribution in [3.05, 3.63) is 54.1 Å². The van der Waals surface area contributed by atoms with Crippen LogP contribution in [0.15, 0.2) is 48.5 Å². The lowest BCUT2D eigenvalue weighted by molar-refractivity contribution is -0.159. The van der Waals surface area contributed by atoms with Crippen molar-refractivity contribution < 1.29 is 19.4 Å². The van der Waals surface area contributed by atoms with Crippen molar-refractivity contribution in [1.82, 2.24) is 15.1 Å². The molecule has 31 heavy (non-hydrogen) atoms. The number of hydrogen-bond donors (Lipinski definition) is 2. The summed E-state index contributed by atoms with van der Waals surface area (Å²) in [5.41, 5.74) is 3.24. The minimum absolute atomic E-state index is 0.00600. The molecule has 0 aliphatic carbocycles. The number of aliphatic hydroxyl groups excluding tert-OH is 1. The number of nitrogens with zero attached hydrogens (tertiary/aromatic N) is 2. The van der Waals surface area contributed by atoms with Gasteiger partial charge in [0, 0.05) is 18.5 Å². The summed E-state index contributed by atoms with van der Waals surface area (Å²) in [5, 5.41) is 12.8. The highest BCUT2D eigenvalue weighted by Crippen LogP contribution is 2.43. The van der Waals surface area contributed by atoms with E-state index in [2.05, 4.69) is 29.6 Å². The summed E-state index contributed by atoms with van der Waals surface area (Å²) >= 11 is 0. The Morgan fingerprint density at radius 2 is 1.74 bits per heavy atom. The van der Waals surface area contributed by atoms with Crippen molar-refractivity contribution in [3.63, 3.8) is 0 Å². The molecule has 2 fully saturated rings. The number of methoxy groups -OCH3 is 1. The number of ether oxygens (including phenoxy) is 1. The predicted octanol–water partition coefficient (Wildman–Crippen LogP) is 2.45. The van der Waals surface area contributed by atoms with Gasteiger partial charge in [0.25, 0.3) is 0 Å². The van der Waals surface area contributed by atoms with Crippen LogP contribution in [-0.4, -0.2) is 71.8 Å². The average Bonchev–Trinajstić information content (AvgIpc) is 2.75. The summed E-state index contributed by atoms with van der Waals surface area (Å²) in [4.78, 5) is 28.5. The van der Waals surface area contributed by atoms with Gasteiger partial charge in [0.1, 0.15) is 12.3 Å². The number of piperazine rings is 1. The van der Waals surface area contributed by atoms with Crippen LogP contribution in [0.4, 0.5) is 4.79 Å². The lowest BCUT2D eigenvalue weighted by atomic mass is 9.73. The smallest absolute Gasteiger partial charge is 0.318 e. The maximum absolute atomic E-state index is 12.7. The number of rotatable bonds is 5. The number of benzene rings is 2. The topological polar surface area (TPSA) is 82.1 Å². The van der Waals surface area contributed by atoms with Gasteiger partial charge in [-0.3, -0.25) is 4.79 Å². The quantitative estimate of drug-likeness (QED) is 0.774. The standard InChI is InChI=1S/C24H29N3O4/c1-15(2)25-24(30)26-12-20-23(21(14-28)27(20)22(29)13-26)18-6-4-16(5-7-18)17-8-10-19(31-3)11-9-17/h4-11,15,20-21,23,28H,12-14H2,1-3H3,(H,25,30)/t20-,21-,23+/m0/s1. The van der Waals surface area contributed by atoms with Gasteiger partial charge in [-0.1, -0.05) is 36.4 Å². The Bertz CT molecular complexity index is 942. The first-order chi connectivity index (χ1) is 14.9. The van der Waals surface area contributed by atoms with E-state index in [1.807, 2.05) is 38.1 Å². The third kappa shape index (κ3) is 3.97. The van der Waals surface area contributed by atoms with Gasteiger partial charge in [0.05, 0.1) is 25.8 Å². The molecule has 2 heterocycles. The number of carbonyl (C=O) groups is 2. The highest BCUT2D eigenvalue weighted by atomic mass is 16.5. The van der Waals surface area contributed by atoms with Crippen LogP contribution in [0.5, 0.6) is 5.75 Å². The third-order valence-electron chi connectivity index (χ3n) is 6.17. The van der Waals surface area contributed by atoms with Gasteiger partial charge < -0.3 is 25.0 Å². The molecule has 0 bridgehead atoms. The van der Waals surface area contributed by atoms with Crippen molar-refractivity contribution in [1.29, 1.82) is 0 Å². The van der Waals surface area contributed by atoms with E-state index in [-0.39, 0.29) is 49.1 Å². The first-order valence-corrected chi connectivity index (χ1v) is 10.6. The molecule has 2 N–H and O–H groups in total. The molecule has 7 nitrogen and oxygen atoms in total. The minimum atomic E-state index is -0.250. The molecule has 2 saturated heterocycles. The van der Waals surface area contributed by atoms with E-state index in [9.17, 15) is 14.7 Å². The van der Waals surface area contributed by atoms with E-state index < -0.39 is 0 Å². The monoisotopic (exact) mass is 423 g/mol. The van der Waals surface area contributed by atoms with E-state index in [0.717, 1.165) is 22.4 Å². The van der Waals surface area contributed by atoms with Crippen LogP contribution in [0.2, 0.25) is 0 Å². The van der Waals surface area contributed by atoms with Gasteiger partial charge in [-0.25, -0.2) is 4.79 Å². The van der Waals surface area contributed by atoms with Crippen LogP contribution in [0.25, 0.3) is 11.1 Å². The fraction of sp³-hybridized carbons (Fsp3) is 0.417. The zero-order valence-corrected chi connectivity index (χ0v) is 18.1. The van der Waals surface area contributed by atoms with Crippen LogP contribution in [-0.2, 0) is 4.79 Å². The molecule has 7 heteroatoms. The largest absolute Gasteiger partial charge is 0.497 e. The molecule has 3 amide bonds. The highest BCUT2D eigenvalue weighted by molar-refractivity contribution is 5.87. The van der Waals surface area contributed by atoms with Crippen LogP contribution in [0, 0.1) is 0 Å². The molecule has 0 saturated carbocycles. The molecule has 3 atom stereocenters. The van der Waals surface area contributed by atoms with Crippen LogP contribution in [0.3, 0.4) is 0 Å². The second kappa shape index (κ2) is 8.59. The molecule has 0 radical (unpaired) electrons. The van der Waals surface area contributed by atoms with E-state index >= 15 is 0 Å². The molecule has 2 aliphatic rings. The Morgan fingerprint density at radius 1 is 1.13 bits per heavy atom. The van der Waals surface area contributed by atoms with Gasteiger partial charge in [-0.2, -0.15) is 0 Å². The van der Waals surface area contributed by atoms with Crippen molar-refractivity contribution >= 4 is 11.9 Å². The fourth-order valence-corrected chi connectivity index (χ4v) is 4.67.